The van der Waals surface area contributed by atoms with Crippen molar-refractivity contribution in [1.29, 1.82) is 0 Å². The van der Waals surface area contributed by atoms with Crippen molar-refractivity contribution in [3.8, 4) is 5.75 Å². The zero-order valence-corrected chi connectivity index (χ0v) is 11.1. The van der Waals surface area contributed by atoms with Crippen molar-refractivity contribution in [3.05, 3.63) is 52.3 Å². The standard InChI is InChI=1S/C13H13BrN2O/c1-9-5-10(7-16-6-9)8-17-12-4-2-3-11(15)13(12)14/h2-7H,8,15H2,1H3. The SMILES string of the molecule is Cc1cncc(COc2cccc(N)c2Br)c1. The Hall–Kier alpha value is -1.55. The summed E-state index contributed by atoms with van der Waals surface area (Å²) in [5.41, 5.74) is 8.61. The van der Waals surface area contributed by atoms with Gasteiger partial charge in [0.2, 0.25) is 0 Å². The van der Waals surface area contributed by atoms with Crippen LogP contribution in [0, 0.1) is 6.92 Å². The van der Waals surface area contributed by atoms with Gasteiger partial charge in [0.15, 0.2) is 0 Å². The van der Waals surface area contributed by atoms with E-state index in [4.69, 9.17) is 10.5 Å². The molecule has 1 heterocycles. The van der Waals surface area contributed by atoms with E-state index >= 15 is 0 Å². The lowest BCUT2D eigenvalue weighted by Crippen LogP contribution is -1.98. The second-order valence-corrected chi connectivity index (χ2v) is 4.61. The number of hydrogen-bond donors (Lipinski definition) is 1. The molecule has 1 aromatic heterocycles. The van der Waals surface area contributed by atoms with E-state index in [9.17, 15) is 0 Å². The lowest BCUT2D eigenvalue weighted by Gasteiger charge is -2.09. The first-order chi connectivity index (χ1) is 8.16. The normalized spacial score (nSPS) is 10.2. The maximum atomic E-state index is 5.77. The summed E-state index contributed by atoms with van der Waals surface area (Å²) >= 11 is 3.40. The van der Waals surface area contributed by atoms with Gasteiger partial charge in [-0.1, -0.05) is 6.07 Å². The molecule has 0 unspecified atom stereocenters. The predicted octanol–water partition coefficient (Wildman–Crippen LogP) is 3.31. The molecule has 2 aromatic rings. The van der Waals surface area contributed by atoms with Crippen LogP contribution in [-0.2, 0) is 6.61 Å². The summed E-state index contributed by atoms with van der Waals surface area (Å²) in [4.78, 5) is 4.12. The van der Waals surface area contributed by atoms with Gasteiger partial charge in [-0.05, 0) is 46.6 Å². The molecule has 2 rings (SSSR count). The number of halogens is 1. The van der Waals surface area contributed by atoms with E-state index in [0.717, 1.165) is 21.3 Å². The average Bonchev–Trinajstić information content (AvgIpc) is 2.31. The molecule has 0 spiro atoms. The molecule has 2 N–H and O–H groups in total. The quantitative estimate of drug-likeness (QED) is 0.883. The van der Waals surface area contributed by atoms with Crippen LogP contribution in [0.2, 0.25) is 0 Å². The highest BCUT2D eigenvalue weighted by Gasteiger charge is 2.04. The highest BCUT2D eigenvalue weighted by Crippen LogP contribution is 2.30. The number of ether oxygens (including phenoxy) is 1. The van der Waals surface area contributed by atoms with Crippen LogP contribution in [0.5, 0.6) is 5.75 Å². The molecule has 0 fully saturated rings. The van der Waals surface area contributed by atoms with Crippen LogP contribution in [0.1, 0.15) is 11.1 Å². The topological polar surface area (TPSA) is 48.1 Å². The summed E-state index contributed by atoms with van der Waals surface area (Å²) in [6, 6.07) is 7.62. The Bertz CT molecular complexity index is 529. The third kappa shape index (κ3) is 2.97. The minimum atomic E-state index is 0.483. The van der Waals surface area contributed by atoms with Gasteiger partial charge in [-0.2, -0.15) is 0 Å². The predicted molar refractivity (Wildman–Crippen MR) is 71.9 cm³/mol. The molecule has 0 aliphatic heterocycles. The number of aryl methyl sites for hydroxylation is 1. The summed E-state index contributed by atoms with van der Waals surface area (Å²) < 4.78 is 6.48. The average molecular weight is 293 g/mol. The van der Waals surface area contributed by atoms with Crippen LogP contribution in [0.4, 0.5) is 5.69 Å². The molecule has 0 bridgehead atoms. The van der Waals surface area contributed by atoms with Crippen molar-refractivity contribution in [2.45, 2.75) is 13.5 Å². The molecule has 0 radical (unpaired) electrons. The molecule has 0 amide bonds. The third-order valence-corrected chi connectivity index (χ3v) is 3.17. The van der Waals surface area contributed by atoms with E-state index in [-0.39, 0.29) is 0 Å². The van der Waals surface area contributed by atoms with Gasteiger partial charge in [0.25, 0.3) is 0 Å². The van der Waals surface area contributed by atoms with Crippen molar-refractivity contribution in [2.24, 2.45) is 0 Å². The zero-order valence-electron chi connectivity index (χ0n) is 9.48. The molecule has 0 aliphatic carbocycles. The number of nitrogen functional groups attached to an aromatic ring is 1. The Balaban J connectivity index is 2.10. The van der Waals surface area contributed by atoms with Crippen LogP contribution in [0.15, 0.2) is 41.1 Å². The number of anilines is 1. The van der Waals surface area contributed by atoms with Gasteiger partial charge in [0, 0.05) is 23.6 Å². The van der Waals surface area contributed by atoms with Crippen molar-refractivity contribution in [1.82, 2.24) is 4.98 Å². The Morgan fingerprint density at radius 2 is 2.18 bits per heavy atom. The van der Waals surface area contributed by atoms with Crippen molar-refractivity contribution < 1.29 is 4.74 Å². The van der Waals surface area contributed by atoms with Crippen LogP contribution < -0.4 is 10.5 Å². The minimum Gasteiger partial charge on any atom is -0.488 e. The second-order valence-electron chi connectivity index (χ2n) is 3.82. The number of nitrogens with zero attached hydrogens (tertiary/aromatic N) is 1. The molecule has 4 heteroatoms. The van der Waals surface area contributed by atoms with Gasteiger partial charge in [-0.3, -0.25) is 4.98 Å². The summed E-state index contributed by atoms with van der Waals surface area (Å²) in [5.74, 6) is 0.742. The Morgan fingerprint density at radius 3 is 2.94 bits per heavy atom. The van der Waals surface area contributed by atoms with Crippen LogP contribution in [0.25, 0.3) is 0 Å². The monoisotopic (exact) mass is 292 g/mol. The number of rotatable bonds is 3. The van der Waals surface area contributed by atoms with E-state index in [2.05, 4.69) is 20.9 Å². The van der Waals surface area contributed by atoms with Gasteiger partial charge < -0.3 is 10.5 Å². The van der Waals surface area contributed by atoms with Crippen LogP contribution >= 0.6 is 15.9 Å². The third-order valence-electron chi connectivity index (χ3n) is 2.32. The molecule has 0 saturated heterocycles. The molecule has 0 aliphatic rings. The van der Waals surface area contributed by atoms with E-state index in [1.54, 1.807) is 6.20 Å². The van der Waals surface area contributed by atoms with Crippen molar-refractivity contribution >= 4 is 21.6 Å². The van der Waals surface area contributed by atoms with Gasteiger partial charge in [0.1, 0.15) is 12.4 Å². The second kappa shape index (κ2) is 5.19. The Kier molecular flexibility index (Phi) is 3.64. The molecule has 17 heavy (non-hydrogen) atoms. The molecule has 88 valence electrons. The van der Waals surface area contributed by atoms with Gasteiger partial charge >= 0.3 is 0 Å². The van der Waals surface area contributed by atoms with Gasteiger partial charge in [-0.15, -0.1) is 0 Å². The summed E-state index contributed by atoms with van der Waals surface area (Å²) in [5, 5.41) is 0. The number of benzene rings is 1. The van der Waals surface area contributed by atoms with E-state index in [1.807, 2.05) is 37.4 Å². The lowest BCUT2D eigenvalue weighted by atomic mass is 10.2. The smallest absolute Gasteiger partial charge is 0.136 e. The molecular weight excluding hydrogens is 280 g/mol. The van der Waals surface area contributed by atoms with E-state index < -0.39 is 0 Å². The Morgan fingerprint density at radius 1 is 1.35 bits per heavy atom. The largest absolute Gasteiger partial charge is 0.488 e. The van der Waals surface area contributed by atoms with Crippen LogP contribution in [0.3, 0.4) is 0 Å². The molecule has 0 saturated carbocycles. The molecular formula is C13H13BrN2O. The highest BCUT2D eigenvalue weighted by molar-refractivity contribution is 9.10. The van der Waals surface area contributed by atoms with Gasteiger partial charge in [0.05, 0.1) is 4.47 Å². The first kappa shape index (κ1) is 11.9. The minimum absolute atomic E-state index is 0.483. The highest BCUT2D eigenvalue weighted by atomic mass is 79.9. The maximum absolute atomic E-state index is 5.77. The first-order valence-corrected chi connectivity index (χ1v) is 6.03. The van der Waals surface area contributed by atoms with E-state index in [1.165, 1.54) is 0 Å². The summed E-state index contributed by atoms with van der Waals surface area (Å²) in [6.45, 7) is 2.49. The number of hydrogen-bond acceptors (Lipinski definition) is 3. The molecule has 3 nitrogen and oxygen atoms in total. The summed E-state index contributed by atoms with van der Waals surface area (Å²) in [6.07, 6.45) is 3.62. The fraction of sp³-hybridized carbons (Fsp3) is 0.154. The number of aromatic nitrogens is 1. The van der Waals surface area contributed by atoms with Crippen molar-refractivity contribution in [2.75, 3.05) is 5.73 Å². The lowest BCUT2D eigenvalue weighted by molar-refractivity contribution is 0.304. The fourth-order valence-corrected chi connectivity index (χ4v) is 1.88. The van der Waals surface area contributed by atoms with E-state index in [0.29, 0.717) is 12.3 Å². The first-order valence-electron chi connectivity index (χ1n) is 5.24. The van der Waals surface area contributed by atoms with Crippen LogP contribution in [-0.4, -0.2) is 4.98 Å². The summed E-state index contributed by atoms with van der Waals surface area (Å²) in [7, 11) is 0. The number of nitrogens with two attached hydrogens (primary N) is 1. The zero-order chi connectivity index (χ0) is 12.3. The molecule has 1 aromatic carbocycles. The molecule has 0 atom stereocenters. The van der Waals surface area contributed by atoms with Crippen molar-refractivity contribution in [3.63, 3.8) is 0 Å². The van der Waals surface area contributed by atoms with Gasteiger partial charge in [-0.25, -0.2) is 0 Å². The Labute approximate surface area is 109 Å². The number of pyridine rings is 1. The maximum Gasteiger partial charge on any atom is 0.136 e. The fourth-order valence-electron chi connectivity index (χ4n) is 1.50.